The first kappa shape index (κ1) is 83.7. The van der Waals surface area contributed by atoms with Crippen molar-refractivity contribution in [2.45, 2.75) is 0 Å². The summed E-state index contributed by atoms with van der Waals surface area (Å²) in [6, 6.07) is 85.6. The summed E-state index contributed by atoms with van der Waals surface area (Å²) < 4.78 is 2.09. The van der Waals surface area contributed by atoms with Gasteiger partial charge in [-0.3, -0.25) is 58.6 Å². The number of nitrogens with zero attached hydrogens (tertiary/aromatic N) is 11. The van der Waals surface area contributed by atoms with Gasteiger partial charge in [0.1, 0.15) is 12.7 Å². The van der Waals surface area contributed by atoms with Gasteiger partial charge in [0.05, 0.1) is 66.2 Å². The fourth-order valence-corrected chi connectivity index (χ4v) is 11.0. The average molecular weight is 1920 g/mol. The first-order valence-electron chi connectivity index (χ1n) is 33.0. The smallest absolute Gasteiger partial charge is 0.480 e. The van der Waals surface area contributed by atoms with Crippen LogP contribution in [0.4, 0.5) is 11.4 Å². The van der Waals surface area contributed by atoms with E-state index in [9.17, 15) is 39.3 Å². The molecule has 8 aromatic heterocycles. The van der Waals surface area contributed by atoms with E-state index in [0.29, 0.717) is 44.2 Å². The summed E-state index contributed by atoms with van der Waals surface area (Å²) in [5.41, 5.74) is 11.8. The van der Waals surface area contributed by atoms with Crippen molar-refractivity contribution < 1.29 is 124 Å². The Hall–Kier alpha value is -10.6. The number of carbonyl (C=O) groups excluding carboxylic acids is 2. The van der Waals surface area contributed by atoms with Gasteiger partial charge >= 0.3 is 57.8 Å². The van der Waals surface area contributed by atoms with Crippen molar-refractivity contribution in [1.29, 1.82) is 0 Å². The number of benzene rings is 6. The predicted octanol–water partition coefficient (Wildman–Crippen LogP) is 12.2. The van der Waals surface area contributed by atoms with Gasteiger partial charge in [0, 0.05) is 137 Å². The summed E-state index contributed by atoms with van der Waals surface area (Å²) >= 11 is 0. The Bertz CT molecular complexity index is 4660. The van der Waals surface area contributed by atoms with E-state index in [0.717, 1.165) is 50.1 Å². The Kier molecular flexibility index (Phi) is 34.7. The van der Waals surface area contributed by atoms with E-state index in [1.165, 1.54) is 20.4 Å². The number of pyridine rings is 8. The van der Waals surface area contributed by atoms with Crippen molar-refractivity contribution in [3.8, 4) is 45.0 Å². The summed E-state index contributed by atoms with van der Waals surface area (Å²) in [6.45, 7) is -2.05. The maximum atomic E-state index is 13.3. The van der Waals surface area contributed by atoms with Crippen molar-refractivity contribution in [3.63, 3.8) is 0 Å². The molecule has 5 N–H and O–H groups in total. The molecule has 21 nitrogen and oxygen atoms in total. The number of fused-ring (bicyclic) bond motifs is 6. The van der Waals surface area contributed by atoms with Crippen LogP contribution in [0.25, 0.3) is 88.6 Å². The Morgan fingerprint density at radius 1 is 0.364 bits per heavy atom. The van der Waals surface area contributed by atoms with Gasteiger partial charge in [0.15, 0.2) is 6.20 Å². The standard InChI is InChI=1S/C38H37N9O8.C12H11N.3C11H8N.Gd.2Ir/c48-30(43-28-17-24-5-1-9-39-35(24)37-26(28)7-3-11-41-37)19-46(22-33(52)53)15-13-45(21-32(50)51)14-16-47(23-34(54)55)20-31(49)44-29-18-25-6-2-10-40-36(25)38-27(29)8-4-12-42-38;1-13-10-6-5-9-12(13)11-7-3-2-4-8-11;3*1-2-6-10(7-3-1)11-8-4-5-9-12-11;;;/h1-12,17-18H,13-16,19-23H2,(H,43,48)(H,44,49)(H,50,51)(H,52,53)(H,54,55);2-7,9-10H,1H3;3*1-6,8-9H;;;/q;;3*-1;+3;;. The summed E-state index contributed by atoms with van der Waals surface area (Å²) in [5, 5.41) is 37.4. The second kappa shape index (κ2) is 44.4. The Labute approximate surface area is 678 Å². The van der Waals surface area contributed by atoms with Crippen LogP contribution in [0, 0.1) is 64.2 Å². The summed E-state index contributed by atoms with van der Waals surface area (Å²) in [6.07, 6.45) is 14.0. The van der Waals surface area contributed by atoms with Crippen LogP contribution < -0.4 is 15.2 Å². The van der Waals surface area contributed by atoms with E-state index in [1.54, 1.807) is 91.9 Å². The summed E-state index contributed by atoms with van der Waals surface area (Å²) in [7, 11) is 2.04. The van der Waals surface area contributed by atoms with Gasteiger partial charge in [-0.1, -0.05) is 60.2 Å². The number of nitrogens with one attached hydrogen (secondary N) is 2. The molecule has 14 rings (SSSR count). The topological polar surface area (TPSA) is 274 Å². The van der Waals surface area contributed by atoms with E-state index in [4.69, 9.17) is 0 Å². The van der Waals surface area contributed by atoms with Gasteiger partial charge in [0.25, 0.3) is 0 Å². The van der Waals surface area contributed by atoms with Crippen LogP contribution in [0.2, 0.25) is 0 Å². The Morgan fingerprint density at radius 3 is 1.04 bits per heavy atom. The molecule has 24 heteroatoms. The maximum Gasteiger partial charge on any atom is 3.00 e. The molecule has 0 aliphatic heterocycles. The van der Waals surface area contributed by atoms with Gasteiger partial charge < -0.3 is 40.9 Å². The van der Waals surface area contributed by atoms with E-state index in [2.05, 4.69) is 86.5 Å². The molecule has 0 bridgehead atoms. The third-order valence-electron chi connectivity index (χ3n) is 15.7. The fourth-order valence-electron chi connectivity index (χ4n) is 11.0. The Morgan fingerprint density at radius 2 is 0.692 bits per heavy atom. The molecule has 8 heterocycles. The molecule has 0 unspecified atom stereocenters. The molecule has 3 radical (unpaired) electrons. The van der Waals surface area contributed by atoms with E-state index in [1.807, 2.05) is 183 Å². The van der Waals surface area contributed by atoms with Crippen molar-refractivity contribution in [2.24, 2.45) is 7.05 Å². The number of aromatic nitrogens is 8. The zero-order chi connectivity index (χ0) is 72.7. The van der Waals surface area contributed by atoms with Crippen molar-refractivity contribution >= 4 is 84.7 Å². The molecule has 107 heavy (non-hydrogen) atoms. The Balaban J connectivity index is 0.000000242. The minimum absolute atomic E-state index is 0. The molecule has 0 saturated carbocycles. The van der Waals surface area contributed by atoms with Crippen LogP contribution in [0.5, 0.6) is 0 Å². The molecule has 543 valence electrons. The first-order valence-corrected chi connectivity index (χ1v) is 33.0. The second-order valence-corrected chi connectivity index (χ2v) is 23.2. The maximum absolute atomic E-state index is 13.3. The number of carboxylic acid groups (broad SMARTS) is 3. The number of rotatable bonds is 22. The number of aryl methyl sites for hydroxylation is 1. The number of carbonyl (C=O) groups is 5. The van der Waals surface area contributed by atoms with Gasteiger partial charge in [-0.15, -0.1) is 138 Å². The number of aliphatic carboxylic acids is 3. The van der Waals surface area contributed by atoms with E-state index >= 15 is 0 Å². The van der Waals surface area contributed by atoms with Crippen LogP contribution in [0.1, 0.15) is 0 Å². The summed E-state index contributed by atoms with van der Waals surface area (Å²) in [5.74, 6) is -4.53. The molecule has 0 saturated heterocycles. The SMILES string of the molecule is C[n+]1ccccc1-c1[c-]cccc1.O=C(O)CN(CCN(CC(=O)O)CC(=O)Nc1cc2cccnc2c2ncccc12)CCN(CC(=O)O)CC(=O)Nc1cc2cccnc2c2ncccc12.[Gd+3].[Ir].[Ir].[c-]1ccccc1-c1ccccn1.[c-]1ccccc1-c1ccccn1.[c-]1ccccc1-c1ccccn1. The molecule has 0 spiro atoms. The van der Waals surface area contributed by atoms with E-state index < -0.39 is 49.4 Å². The van der Waals surface area contributed by atoms with Crippen molar-refractivity contribution in [3.05, 3.63) is 304 Å². The minimum Gasteiger partial charge on any atom is -0.480 e. The number of anilines is 2. The third kappa shape index (κ3) is 26.2. The van der Waals surface area contributed by atoms with Gasteiger partial charge in [0.2, 0.25) is 11.8 Å². The zero-order valence-electron chi connectivity index (χ0n) is 57.7. The number of carboxylic acids is 3. The van der Waals surface area contributed by atoms with Crippen LogP contribution in [0.3, 0.4) is 0 Å². The molecule has 14 aromatic rings. The first-order chi connectivity index (χ1) is 50.8. The van der Waals surface area contributed by atoms with Gasteiger partial charge in [-0.05, 0) is 89.9 Å². The molecular formula is C83H72GdIr2N13O8. The van der Waals surface area contributed by atoms with Crippen molar-refractivity contribution in [2.75, 3.05) is 69.5 Å². The van der Waals surface area contributed by atoms with Crippen LogP contribution in [0.15, 0.2) is 280 Å². The normalized spacial score (nSPS) is 10.4. The van der Waals surface area contributed by atoms with Gasteiger partial charge in [-0.2, -0.15) is 0 Å². The monoisotopic (exact) mass is 1920 g/mol. The minimum atomic E-state index is -1.19. The largest absolute Gasteiger partial charge is 3.00 e. The third-order valence-corrected chi connectivity index (χ3v) is 15.7. The van der Waals surface area contributed by atoms with Crippen LogP contribution in [-0.2, 0) is 71.2 Å². The number of hydrogen-bond acceptors (Lipinski definition) is 15. The molecule has 0 aliphatic carbocycles. The van der Waals surface area contributed by atoms with Crippen molar-refractivity contribution in [1.82, 2.24) is 49.6 Å². The van der Waals surface area contributed by atoms with E-state index in [-0.39, 0.29) is 119 Å². The van der Waals surface area contributed by atoms with Crippen LogP contribution >= 0.6 is 0 Å². The fraction of sp³-hybridized carbons (Fsp3) is 0.120. The van der Waals surface area contributed by atoms with Crippen LogP contribution in [-0.4, -0.2) is 154 Å². The summed E-state index contributed by atoms with van der Waals surface area (Å²) in [4.78, 5) is 96.5. The average Bonchev–Trinajstić information content (AvgIpc) is 0.781. The molecule has 0 fully saturated rings. The molecule has 0 atom stereocenters. The molecule has 0 aliphatic rings. The quantitative estimate of drug-likeness (QED) is 0.0240. The molecule has 6 aromatic carbocycles. The molecular weight excluding hydrogens is 1850 g/mol. The predicted molar refractivity (Wildman–Crippen MR) is 401 cm³/mol. The number of hydrogen-bond donors (Lipinski definition) is 5. The second-order valence-electron chi connectivity index (χ2n) is 23.2. The van der Waals surface area contributed by atoms with Gasteiger partial charge in [-0.25, -0.2) is 4.57 Å². The molecule has 2 amide bonds. The zero-order valence-corrected chi connectivity index (χ0v) is 64.8. The number of amides is 2.